The zero-order chi connectivity index (χ0) is 15.6. The SMILES string of the molecule is CN1CCC(OC(=O)[C@](O)(c2ccccc2)C2CCCC2)C1. The first kappa shape index (κ1) is 15.5. The van der Waals surface area contributed by atoms with E-state index < -0.39 is 11.6 Å². The van der Waals surface area contributed by atoms with Crippen molar-refractivity contribution in [3.05, 3.63) is 35.9 Å². The van der Waals surface area contributed by atoms with Crippen LogP contribution in [0.2, 0.25) is 0 Å². The van der Waals surface area contributed by atoms with E-state index in [0.29, 0.717) is 5.56 Å². The number of rotatable bonds is 4. The molecule has 2 atom stereocenters. The summed E-state index contributed by atoms with van der Waals surface area (Å²) >= 11 is 0. The fourth-order valence-electron chi connectivity index (χ4n) is 3.79. The number of aliphatic hydroxyl groups is 1. The first-order valence-corrected chi connectivity index (χ1v) is 8.28. The maximum atomic E-state index is 12.8. The molecule has 2 fully saturated rings. The van der Waals surface area contributed by atoms with Crippen LogP contribution in [0.3, 0.4) is 0 Å². The molecule has 0 spiro atoms. The number of hydrogen-bond donors (Lipinski definition) is 1. The average Bonchev–Trinajstić information content (AvgIpc) is 3.19. The topological polar surface area (TPSA) is 49.8 Å². The molecule has 3 rings (SSSR count). The van der Waals surface area contributed by atoms with Crippen LogP contribution in [0.4, 0.5) is 0 Å². The van der Waals surface area contributed by atoms with Gasteiger partial charge in [-0.2, -0.15) is 0 Å². The Bertz CT molecular complexity index is 512. The van der Waals surface area contributed by atoms with Crippen molar-refractivity contribution in [2.24, 2.45) is 5.92 Å². The standard InChI is InChI=1S/C18H25NO3/c1-19-12-11-16(13-19)22-17(20)18(21,15-9-5-6-10-15)14-7-3-2-4-8-14/h2-4,7-8,15-16,21H,5-6,9-13H2,1H3/t16?,18-/m0/s1. The third kappa shape index (κ3) is 2.90. The normalized spacial score (nSPS) is 26.0. The molecule has 1 aliphatic heterocycles. The van der Waals surface area contributed by atoms with Gasteiger partial charge in [-0.25, -0.2) is 4.79 Å². The summed E-state index contributed by atoms with van der Waals surface area (Å²) < 4.78 is 5.68. The summed E-state index contributed by atoms with van der Waals surface area (Å²) in [6, 6.07) is 9.30. The number of carbonyl (C=O) groups excluding carboxylic acids is 1. The summed E-state index contributed by atoms with van der Waals surface area (Å²) in [7, 11) is 2.02. The second kappa shape index (κ2) is 6.39. The molecule has 1 saturated carbocycles. The van der Waals surface area contributed by atoms with Crippen LogP contribution in [0.5, 0.6) is 0 Å². The largest absolute Gasteiger partial charge is 0.459 e. The lowest BCUT2D eigenvalue weighted by Gasteiger charge is -2.33. The first-order valence-electron chi connectivity index (χ1n) is 8.28. The minimum Gasteiger partial charge on any atom is -0.459 e. The van der Waals surface area contributed by atoms with E-state index in [2.05, 4.69) is 4.90 Å². The average molecular weight is 303 g/mol. The molecular weight excluding hydrogens is 278 g/mol. The molecule has 1 heterocycles. The minimum atomic E-state index is -1.50. The summed E-state index contributed by atoms with van der Waals surface area (Å²) in [5.41, 5.74) is -0.836. The summed E-state index contributed by atoms with van der Waals surface area (Å²) in [4.78, 5) is 15.0. The Balaban J connectivity index is 1.83. The van der Waals surface area contributed by atoms with Gasteiger partial charge < -0.3 is 14.7 Å². The van der Waals surface area contributed by atoms with E-state index in [1.165, 1.54) is 0 Å². The third-order valence-corrected chi connectivity index (χ3v) is 5.09. The van der Waals surface area contributed by atoms with E-state index in [1.807, 2.05) is 37.4 Å². The highest BCUT2D eigenvalue weighted by molar-refractivity contribution is 5.81. The Kier molecular flexibility index (Phi) is 4.50. The molecule has 0 radical (unpaired) electrons. The van der Waals surface area contributed by atoms with Crippen molar-refractivity contribution >= 4 is 5.97 Å². The summed E-state index contributed by atoms with van der Waals surface area (Å²) in [6.07, 6.45) is 4.64. The Morgan fingerprint density at radius 1 is 1.23 bits per heavy atom. The molecule has 1 aromatic rings. The second-order valence-electron chi connectivity index (χ2n) is 6.69. The fourth-order valence-corrected chi connectivity index (χ4v) is 3.79. The van der Waals surface area contributed by atoms with E-state index in [9.17, 15) is 9.90 Å². The van der Waals surface area contributed by atoms with Crippen molar-refractivity contribution in [1.29, 1.82) is 0 Å². The van der Waals surface area contributed by atoms with E-state index in [4.69, 9.17) is 4.74 Å². The van der Waals surface area contributed by atoms with Gasteiger partial charge in [-0.05, 0) is 31.9 Å². The number of nitrogens with zero attached hydrogens (tertiary/aromatic N) is 1. The van der Waals surface area contributed by atoms with Gasteiger partial charge in [0.15, 0.2) is 5.60 Å². The smallest absolute Gasteiger partial charge is 0.343 e. The molecule has 0 aromatic heterocycles. The minimum absolute atomic E-state index is 0.0402. The molecule has 1 N–H and O–H groups in total. The lowest BCUT2D eigenvalue weighted by Crippen LogP contribution is -2.45. The van der Waals surface area contributed by atoms with E-state index in [-0.39, 0.29) is 12.0 Å². The van der Waals surface area contributed by atoms with Gasteiger partial charge in [0.25, 0.3) is 0 Å². The van der Waals surface area contributed by atoms with Crippen molar-refractivity contribution in [2.45, 2.75) is 43.8 Å². The Morgan fingerprint density at radius 3 is 2.50 bits per heavy atom. The molecule has 1 saturated heterocycles. The highest BCUT2D eigenvalue weighted by Crippen LogP contribution is 2.41. The summed E-state index contributed by atoms with van der Waals surface area (Å²) in [5, 5.41) is 11.3. The monoisotopic (exact) mass is 303 g/mol. The van der Waals surface area contributed by atoms with Gasteiger partial charge in [-0.1, -0.05) is 43.2 Å². The van der Waals surface area contributed by atoms with Gasteiger partial charge in [0.2, 0.25) is 0 Å². The van der Waals surface area contributed by atoms with Gasteiger partial charge >= 0.3 is 5.97 Å². The van der Waals surface area contributed by atoms with E-state index >= 15 is 0 Å². The number of esters is 1. The Morgan fingerprint density at radius 2 is 1.91 bits per heavy atom. The van der Waals surface area contributed by atoms with Crippen molar-refractivity contribution in [2.75, 3.05) is 20.1 Å². The Hall–Kier alpha value is -1.39. The highest BCUT2D eigenvalue weighted by atomic mass is 16.6. The van der Waals surface area contributed by atoms with Crippen LogP contribution in [0, 0.1) is 5.92 Å². The van der Waals surface area contributed by atoms with Crippen molar-refractivity contribution in [3.8, 4) is 0 Å². The lowest BCUT2D eigenvalue weighted by molar-refractivity contribution is -0.178. The van der Waals surface area contributed by atoms with Crippen LogP contribution in [-0.2, 0) is 15.1 Å². The van der Waals surface area contributed by atoms with Gasteiger partial charge in [0, 0.05) is 19.0 Å². The van der Waals surface area contributed by atoms with Crippen LogP contribution in [0.15, 0.2) is 30.3 Å². The molecule has 2 aliphatic rings. The number of benzene rings is 1. The molecule has 0 amide bonds. The van der Waals surface area contributed by atoms with Crippen LogP contribution in [0.1, 0.15) is 37.7 Å². The maximum Gasteiger partial charge on any atom is 0.343 e. The number of ether oxygens (including phenoxy) is 1. The highest BCUT2D eigenvalue weighted by Gasteiger charge is 2.48. The number of likely N-dealkylation sites (tertiary alicyclic amines) is 1. The summed E-state index contributed by atoms with van der Waals surface area (Å²) in [6.45, 7) is 1.69. The van der Waals surface area contributed by atoms with Crippen molar-refractivity contribution < 1.29 is 14.6 Å². The van der Waals surface area contributed by atoms with Crippen LogP contribution < -0.4 is 0 Å². The molecular formula is C18H25NO3. The quantitative estimate of drug-likeness (QED) is 0.867. The molecule has 1 unspecified atom stereocenters. The number of likely N-dealkylation sites (N-methyl/N-ethyl adjacent to an activating group) is 1. The molecule has 22 heavy (non-hydrogen) atoms. The zero-order valence-electron chi connectivity index (χ0n) is 13.2. The third-order valence-electron chi connectivity index (χ3n) is 5.09. The van der Waals surface area contributed by atoms with Gasteiger partial charge in [0.05, 0.1) is 0 Å². The molecule has 1 aromatic carbocycles. The van der Waals surface area contributed by atoms with E-state index in [0.717, 1.165) is 45.2 Å². The predicted octanol–water partition coefficient (Wildman–Crippen LogP) is 2.31. The lowest BCUT2D eigenvalue weighted by atomic mass is 9.80. The van der Waals surface area contributed by atoms with Gasteiger partial charge in [-0.3, -0.25) is 0 Å². The van der Waals surface area contributed by atoms with Gasteiger partial charge in [0.1, 0.15) is 6.10 Å². The number of carbonyl (C=O) groups is 1. The fraction of sp³-hybridized carbons (Fsp3) is 0.611. The van der Waals surface area contributed by atoms with E-state index in [1.54, 1.807) is 0 Å². The summed E-state index contributed by atoms with van der Waals surface area (Å²) in [5.74, 6) is -0.507. The van der Waals surface area contributed by atoms with Crippen LogP contribution in [-0.4, -0.2) is 42.2 Å². The molecule has 120 valence electrons. The van der Waals surface area contributed by atoms with Gasteiger partial charge in [-0.15, -0.1) is 0 Å². The van der Waals surface area contributed by atoms with Crippen LogP contribution in [0.25, 0.3) is 0 Å². The number of hydrogen-bond acceptors (Lipinski definition) is 4. The molecule has 0 bridgehead atoms. The van der Waals surface area contributed by atoms with Crippen LogP contribution >= 0.6 is 0 Å². The molecule has 4 heteroatoms. The molecule has 1 aliphatic carbocycles. The molecule has 4 nitrogen and oxygen atoms in total. The Labute approximate surface area is 132 Å². The van der Waals surface area contributed by atoms with Crippen molar-refractivity contribution in [1.82, 2.24) is 4.90 Å². The first-order chi connectivity index (χ1) is 10.6. The van der Waals surface area contributed by atoms with Crippen molar-refractivity contribution in [3.63, 3.8) is 0 Å². The zero-order valence-corrected chi connectivity index (χ0v) is 13.2. The predicted molar refractivity (Wildman–Crippen MR) is 84.3 cm³/mol. The second-order valence-corrected chi connectivity index (χ2v) is 6.69. The maximum absolute atomic E-state index is 12.8.